The summed E-state index contributed by atoms with van der Waals surface area (Å²) in [5.41, 5.74) is 0.415. The van der Waals surface area contributed by atoms with Gasteiger partial charge in [0.25, 0.3) is 10.2 Å². The highest BCUT2D eigenvalue weighted by molar-refractivity contribution is 7.87. The van der Waals surface area contributed by atoms with Crippen LogP contribution < -0.4 is 9.44 Å². The fourth-order valence-electron chi connectivity index (χ4n) is 1.69. The number of hydrogen-bond donors (Lipinski definition) is 3. The minimum absolute atomic E-state index is 0.250. The van der Waals surface area contributed by atoms with E-state index >= 15 is 0 Å². The van der Waals surface area contributed by atoms with Crippen molar-refractivity contribution in [1.29, 1.82) is 0 Å². The van der Waals surface area contributed by atoms with Crippen molar-refractivity contribution in [2.75, 3.05) is 6.61 Å². The van der Waals surface area contributed by atoms with Crippen LogP contribution in [0.1, 0.15) is 26.3 Å². The molecule has 0 saturated carbocycles. The first-order valence-electron chi connectivity index (χ1n) is 6.18. The fraction of sp³-hybridized carbons (Fsp3) is 0.538. The Hall–Kier alpha value is -0.950. The molecule has 0 fully saturated rings. The normalized spacial score (nSPS) is 14.3. The highest BCUT2D eigenvalue weighted by Gasteiger charge is 2.22. The Morgan fingerprint density at radius 3 is 2.26 bits per heavy atom. The van der Waals surface area contributed by atoms with Crippen LogP contribution in [0.15, 0.2) is 30.3 Å². The van der Waals surface area contributed by atoms with Gasteiger partial charge in [-0.3, -0.25) is 0 Å². The molecule has 1 rings (SSSR count). The van der Waals surface area contributed by atoms with Gasteiger partial charge >= 0.3 is 0 Å². The molecule has 0 aliphatic heterocycles. The van der Waals surface area contributed by atoms with Crippen LogP contribution in [-0.2, 0) is 16.6 Å². The molecule has 3 N–H and O–H groups in total. The van der Waals surface area contributed by atoms with Crippen molar-refractivity contribution in [3.8, 4) is 0 Å². The van der Waals surface area contributed by atoms with E-state index in [0.29, 0.717) is 6.42 Å². The van der Waals surface area contributed by atoms with Gasteiger partial charge < -0.3 is 5.11 Å². The van der Waals surface area contributed by atoms with Gasteiger partial charge in [-0.2, -0.15) is 17.9 Å². The standard InChI is InChI=1S/C13H22N2O3S/c1-13(2,3)15-19(17,18)14-12(10-16)9-11-7-5-4-6-8-11/h4-8,12,14-16H,9-10H2,1-3H3. The zero-order valence-electron chi connectivity index (χ0n) is 11.6. The van der Waals surface area contributed by atoms with E-state index in [1.165, 1.54) is 0 Å². The lowest BCUT2D eigenvalue weighted by molar-refractivity contribution is 0.255. The summed E-state index contributed by atoms with van der Waals surface area (Å²) in [6.45, 7) is 5.03. The van der Waals surface area contributed by atoms with Gasteiger partial charge in [0.1, 0.15) is 0 Å². The Labute approximate surface area is 115 Å². The number of hydrogen-bond acceptors (Lipinski definition) is 3. The molecule has 0 saturated heterocycles. The van der Waals surface area contributed by atoms with Gasteiger partial charge in [-0.1, -0.05) is 30.3 Å². The van der Waals surface area contributed by atoms with Crippen molar-refractivity contribution in [2.45, 2.75) is 38.8 Å². The van der Waals surface area contributed by atoms with Crippen LogP contribution in [-0.4, -0.2) is 31.7 Å². The van der Waals surface area contributed by atoms with Gasteiger partial charge in [0, 0.05) is 5.54 Å². The summed E-state index contributed by atoms with van der Waals surface area (Å²) < 4.78 is 28.7. The SMILES string of the molecule is CC(C)(C)NS(=O)(=O)NC(CO)Cc1ccccc1. The van der Waals surface area contributed by atoms with E-state index in [0.717, 1.165) is 5.56 Å². The van der Waals surface area contributed by atoms with Crippen LogP contribution >= 0.6 is 0 Å². The van der Waals surface area contributed by atoms with Crippen molar-refractivity contribution in [1.82, 2.24) is 9.44 Å². The van der Waals surface area contributed by atoms with Gasteiger partial charge in [-0.25, -0.2) is 0 Å². The molecule has 0 spiro atoms. The molecule has 19 heavy (non-hydrogen) atoms. The topological polar surface area (TPSA) is 78.4 Å². The summed E-state index contributed by atoms with van der Waals surface area (Å²) in [4.78, 5) is 0. The Kier molecular flexibility index (Phi) is 5.49. The van der Waals surface area contributed by atoms with E-state index in [9.17, 15) is 13.5 Å². The smallest absolute Gasteiger partial charge is 0.277 e. The third kappa shape index (κ3) is 6.68. The molecular weight excluding hydrogens is 264 g/mol. The fourth-order valence-corrected chi connectivity index (χ4v) is 3.16. The predicted octanol–water partition coefficient (Wildman–Crippen LogP) is 0.813. The molecule has 5 nitrogen and oxygen atoms in total. The van der Waals surface area contributed by atoms with Crippen LogP contribution in [0.3, 0.4) is 0 Å². The van der Waals surface area contributed by atoms with Crippen LogP contribution in [0.5, 0.6) is 0 Å². The minimum atomic E-state index is -3.63. The molecule has 0 aromatic heterocycles. The summed E-state index contributed by atoms with van der Waals surface area (Å²) in [7, 11) is -3.63. The third-order valence-corrected chi connectivity index (χ3v) is 3.83. The number of aliphatic hydroxyl groups excluding tert-OH is 1. The van der Waals surface area contributed by atoms with Crippen molar-refractivity contribution >= 4 is 10.2 Å². The molecule has 0 radical (unpaired) electrons. The van der Waals surface area contributed by atoms with Crippen molar-refractivity contribution in [3.05, 3.63) is 35.9 Å². The number of aliphatic hydroxyl groups is 1. The number of rotatable bonds is 6. The lowest BCUT2D eigenvalue weighted by Gasteiger charge is -2.23. The largest absolute Gasteiger partial charge is 0.395 e. The van der Waals surface area contributed by atoms with Gasteiger partial charge in [0.05, 0.1) is 12.6 Å². The van der Waals surface area contributed by atoms with Crippen molar-refractivity contribution in [3.63, 3.8) is 0 Å². The zero-order chi connectivity index (χ0) is 14.5. The van der Waals surface area contributed by atoms with Crippen LogP contribution in [0.2, 0.25) is 0 Å². The molecule has 0 aliphatic rings. The first-order chi connectivity index (χ1) is 8.72. The monoisotopic (exact) mass is 286 g/mol. The summed E-state index contributed by atoms with van der Waals surface area (Å²) in [5, 5.41) is 9.29. The average Bonchev–Trinajstić information content (AvgIpc) is 2.25. The summed E-state index contributed by atoms with van der Waals surface area (Å²) in [6, 6.07) is 8.91. The van der Waals surface area contributed by atoms with Gasteiger partial charge in [0.2, 0.25) is 0 Å². The Morgan fingerprint density at radius 2 is 1.79 bits per heavy atom. The highest BCUT2D eigenvalue weighted by atomic mass is 32.2. The van der Waals surface area contributed by atoms with E-state index < -0.39 is 21.8 Å². The Bertz CT molecular complexity index is 480. The maximum atomic E-state index is 11.9. The minimum Gasteiger partial charge on any atom is -0.395 e. The second-order valence-electron chi connectivity index (χ2n) is 5.54. The second-order valence-corrected chi connectivity index (χ2v) is 6.99. The highest BCUT2D eigenvalue weighted by Crippen LogP contribution is 2.05. The molecule has 1 unspecified atom stereocenters. The van der Waals surface area contributed by atoms with E-state index in [1.54, 1.807) is 20.8 Å². The van der Waals surface area contributed by atoms with Gasteiger partial charge in [-0.05, 0) is 32.8 Å². The Morgan fingerprint density at radius 1 is 1.21 bits per heavy atom. The van der Waals surface area contributed by atoms with Crippen LogP contribution in [0, 0.1) is 0 Å². The first-order valence-corrected chi connectivity index (χ1v) is 7.66. The van der Waals surface area contributed by atoms with Gasteiger partial charge in [0.15, 0.2) is 0 Å². The molecule has 6 heteroatoms. The predicted molar refractivity (Wildman–Crippen MR) is 76.0 cm³/mol. The van der Waals surface area contributed by atoms with E-state index in [4.69, 9.17) is 0 Å². The molecule has 0 heterocycles. The molecule has 0 bridgehead atoms. The van der Waals surface area contributed by atoms with E-state index in [1.807, 2.05) is 30.3 Å². The maximum absolute atomic E-state index is 11.9. The second kappa shape index (κ2) is 6.47. The van der Waals surface area contributed by atoms with Crippen molar-refractivity contribution < 1.29 is 13.5 Å². The lowest BCUT2D eigenvalue weighted by atomic mass is 10.1. The molecular formula is C13H22N2O3S. The molecule has 0 aliphatic carbocycles. The zero-order valence-corrected chi connectivity index (χ0v) is 12.4. The van der Waals surface area contributed by atoms with Gasteiger partial charge in [-0.15, -0.1) is 0 Å². The van der Waals surface area contributed by atoms with E-state index in [-0.39, 0.29) is 6.61 Å². The average molecular weight is 286 g/mol. The Balaban J connectivity index is 2.67. The lowest BCUT2D eigenvalue weighted by Crippen LogP contribution is -2.51. The first kappa shape index (κ1) is 16.1. The van der Waals surface area contributed by atoms with Crippen molar-refractivity contribution in [2.24, 2.45) is 0 Å². The molecule has 1 aromatic carbocycles. The van der Waals surface area contributed by atoms with Crippen LogP contribution in [0.4, 0.5) is 0 Å². The molecule has 0 amide bonds. The summed E-state index contributed by atoms with van der Waals surface area (Å²) in [6.07, 6.45) is 0.447. The quantitative estimate of drug-likeness (QED) is 0.724. The van der Waals surface area contributed by atoms with E-state index in [2.05, 4.69) is 9.44 Å². The summed E-state index contributed by atoms with van der Waals surface area (Å²) >= 11 is 0. The number of nitrogens with one attached hydrogen (secondary N) is 2. The molecule has 1 aromatic rings. The molecule has 108 valence electrons. The molecule has 1 atom stereocenters. The summed E-state index contributed by atoms with van der Waals surface area (Å²) in [5.74, 6) is 0. The van der Waals surface area contributed by atoms with Crippen LogP contribution in [0.25, 0.3) is 0 Å². The maximum Gasteiger partial charge on any atom is 0.277 e. The number of benzene rings is 1. The third-order valence-electron chi connectivity index (χ3n) is 2.31.